The van der Waals surface area contributed by atoms with Crippen molar-refractivity contribution in [3.8, 4) is 11.1 Å². The monoisotopic (exact) mass is 403 g/mol. The third kappa shape index (κ3) is 3.84. The number of hydrogen-bond acceptors (Lipinski definition) is 6. The number of carbonyl (C=O) groups excluding carboxylic acids is 1. The number of aromatic nitrogens is 2. The molecule has 6 heteroatoms. The van der Waals surface area contributed by atoms with Crippen LogP contribution in [0.1, 0.15) is 28.4 Å². The average molecular weight is 404 g/mol. The first-order valence-electron chi connectivity index (χ1n) is 9.41. The Morgan fingerprint density at radius 1 is 1.07 bits per heavy atom. The molecule has 0 aliphatic carbocycles. The second-order valence-corrected chi connectivity index (χ2v) is 7.63. The molecule has 0 saturated carbocycles. The largest absolute Gasteiger partial charge is 0.462 e. The molecule has 2 aromatic carbocycles. The smallest absolute Gasteiger partial charge is 0.338 e. The number of fused-ring (bicyclic) bond motifs is 1. The first kappa shape index (κ1) is 19.1. The molecular weight excluding hydrogens is 382 g/mol. The number of rotatable bonds is 5. The van der Waals surface area contributed by atoms with Crippen molar-refractivity contribution >= 4 is 39.0 Å². The summed E-state index contributed by atoms with van der Waals surface area (Å²) in [6.07, 6.45) is 1.57. The van der Waals surface area contributed by atoms with Crippen LogP contribution in [0.5, 0.6) is 0 Å². The van der Waals surface area contributed by atoms with E-state index >= 15 is 0 Å². The van der Waals surface area contributed by atoms with Crippen LogP contribution in [0.15, 0.2) is 54.2 Å². The molecule has 29 heavy (non-hydrogen) atoms. The molecule has 0 unspecified atom stereocenters. The summed E-state index contributed by atoms with van der Waals surface area (Å²) < 4.78 is 5.04. The Hall–Kier alpha value is -3.25. The molecule has 4 aromatic rings. The van der Waals surface area contributed by atoms with Crippen LogP contribution < -0.4 is 5.32 Å². The van der Waals surface area contributed by atoms with Gasteiger partial charge in [-0.15, -0.1) is 11.3 Å². The van der Waals surface area contributed by atoms with E-state index in [-0.39, 0.29) is 5.97 Å². The zero-order valence-electron chi connectivity index (χ0n) is 16.5. The Morgan fingerprint density at radius 2 is 1.86 bits per heavy atom. The molecule has 5 nitrogen and oxygen atoms in total. The standard InChI is InChI=1S/C23H21N3O2S/c1-4-28-23(27)16-7-9-18(10-8-16)26-21-20-19(12-29-22(20)25-13-24-21)17-6-5-14(2)15(3)11-17/h5-13H,4H2,1-3H3,(H,24,25,26). The van der Waals surface area contributed by atoms with Gasteiger partial charge in [-0.3, -0.25) is 0 Å². The van der Waals surface area contributed by atoms with E-state index in [4.69, 9.17) is 4.74 Å². The highest BCUT2D eigenvalue weighted by Crippen LogP contribution is 2.37. The molecule has 0 fully saturated rings. The van der Waals surface area contributed by atoms with Crippen molar-refractivity contribution in [2.24, 2.45) is 0 Å². The predicted molar refractivity (Wildman–Crippen MR) is 118 cm³/mol. The fourth-order valence-electron chi connectivity index (χ4n) is 3.13. The second-order valence-electron chi connectivity index (χ2n) is 6.77. The number of nitrogens with one attached hydrogen (secondary N) is 1. The van der Waals surface area contributed by atoms with Gasteiger partial charge in [0.15, 0.2) is 0 Å². The first-order valence-corrected chi connectivity index (χ1v) is 10.3. The Kier molecular flexibility index (Phi) is 5.27. The van der Waals surface area contributed by atoms with E-state index in [0.29, 0.717) is 12.2 Å². The lowest BCUT2D eigenvalue weighted by atomic mass is 10.0. The first-order chi connectivity index (χ1) is 14.1. The van der Waals surface area contributed by atoms with Crippen LogP contribution in [0.3, 0.4) is 0 Å². The summed E-state index contributed by atoms with van der Waals surface area (Å²) in [5.41, 5.74) is 6.15. The normalized spacial score (nSPS) is 10.9. The zero-order chi connectivity index (χ0) is 20.4. The maximum atomic E-state index is 11.8. The third-order valence-electron chi connectivity index (χ3n) is 4.85. The van der Waals surface area contributed by atoms with Crippen LogP contribution in [0.25, 0.3) is 21.3 Å². The van der Waals surface area contributed by atoms with Crippen LogP contribution >= 0.6 is 11.3 Å². The molecule has 1 N–H and O–H groups in total. The van der Waals surface area contributed by atoms with E-state index in [1.807, 2.05) is 12.1 Å². The van der Waals surface area contributed by atoms with Gasteiger partial charge in [0.2, 0.25) is 0 Å². The summed E-state index contributed by atoms with van der Waals surface area (Å²) >= 11 is 1.60. The molecule has 146 valence electrons. The average Bonchev–Trinajstić information content (AvgIpc) is 3.16. The molecular formula is C23H21N3O2S. The molecule has 2 heterocycles. The van der Waals surface area contributed by atoms with Gasteiger partial charge in [-0.1, -0.05) is 18.2 Å². The molecule has 0 aliphatic rings. The van der Waals surface area contributed by atoms with Crippen LogP contribution in [0.2, 0.25) is 0 Å². The second kappa shape index (κ2) is 8.01. The third-order valence-corrected chi connectivity index (χ3v) is 5.73. The summed E-state index contributed by atoms with van der Waals surface area (Å²) in [5.74, 6) is 0.423. The van der Waals surface area contributed by atoms with E-state index < -0.39 is 0 Å². The van der Waals surface area contributed by atoms with E-state index in [2.05, 4.69) is 52.7 Å². The van der Waals surface area contributed by atoms with Gasteiger partial charge in [0.1, 0.15) is 17.0 Å². The maximum absolute atomic E-state index is 11.8. The fourth-order valence-corrected chi connectivity index (χ4v) is 4.05. The van der Waals surface area contributed by atoms with Gasteiger partial charge < -0.3 is 10.1 Å². The van der Waals surface area contributed by atoms with Crippen LogP contribution in [-0.4, -0.2) is 22.5 Å². The van der Waals surface area contributed by atoms with Crippen molar-refractivity contribution in [1.29, 1.82) is 0 Å². The fraction of sp³-hybridized carbons (Fsp3) is 0.174. The van der Waals surface area contributed by atoms with Crippen molar-refractivity contribution < 1.29 is 9.53 Å². The van der Waals surface area contributed by atoms with Crippen LogP contribution in [0.4, 0.5) is 11.5 Å². The maximum Gasteiger partial charge on any atom is 0.338 e. The van der Waals surface area contributed by atoms with Gasteiger partial charge in [0.25, 0.3) is 0 Å². The predicted octanol–water partition coefficient (Wildman–Crippen LogP) is 5.90. The molecule has 0 radical (unpaired) electrons. The van der Waals surface area contributed by atoms with Crippen LogP contribution in [0, 0.1) is 13.8 Å². The Labute approximate surface area is 173 Å². The van der Waals surface area contributed by atoms with Gasteiger partial charge in [-0.2, -0.15) is 0 Å². The quantitative estimate of drug-likeness (QED) is 0.421. The summed E-state index contributed by atoms with van der Waals surface area (Å²) in [6.45, 7) is 6.38. The van der Waals surface area contributed by atoms with Gasteiger partial charge >= 0.3 is 5.97 Å². The van der Waals surface area contributed by atoms with Gasteiger partial charge in [-0.05, 0) is 61.7 Å². The Balaban J connectivity index is 1.70. The van der Waals surface area contributed by atoms with E-state index in [1.54, 1.807) is 36.7 Å². The van der Waals surface area contributed by atoms with Gasteiger partial charge in [0.05, 0.1) is 17.6 Å². The number of benzene rings is 2. The number of hydrogen-bond donors (Lipinski definition) is 1. The lowest BCUT2D eigenvalue weighted by Gasteiger charge is -2.10. The number of esters is 1. The highest BCUT2D eigenvalue weighted by atomic mass is 32.1. The minimum absolute atomic E-state index is 0.321. The van der Waals surface area contributed by atoms with Crippen molar-refractivity contribution in [1.82, 2.24) is 9.97 Å². The van der Waals surface area contributed by atoms with Gasteiger partial charge in [0, 0.05) is 16.6 Å². The molecule has 2 aromatic heterocycles. The summed E-state index contributed by atoms with van der Waals surface area (Å²) in [5, 5.41) is 6.49. The highest BCUT2D eigenvalue weighted by molar-refractivity contribution is 7.17. The molecule has 4 rings (SSSR count). The minimum atomic E-state index is -0.321. The highest BCUT2D eigenvalue weighted by Gasteiger charge is 2.14. The number of thiophene rings is 1. The van der Waals surface area contributed by atoms with Crippen molar-refractivity contribution in [2.75, 3.05) is 11.9 Å². The number of carbonyl (C=O) groups is 1. The van der Waals surface area contributed by atoms with Gasteiger partial charge in [-0.25, -0.2) is 14.8 Å². The van der Waals surface area contributed by atoms with Crippen LogP contribution in [-0.2, 0) is 4.74 Å². The SMILES string of the molecule is CCOC(=O)c1ccc(Nc2ncnc3scc(-c4ccc(C)c(C)c4)c23)cc1. The van der Waals surface area contributed by atoms with Crippen molar-refractivity contribution in [2.45, 2.75) is 20.8 Å². The number of anilines is 2. The lowest BCUT2D eigenvalue weighted by molar-refractivity contribution is 0.0526. The zero-order valence-corrected chi connectivity index (χ0v) is 17.3. The summed E-state index contributed by atoms with van der Waals surface area (Å²) in [6, 6.07) is 13.7. The molecule has 0 atom stereocenters. The van der Waals surface area contributed by atoms with Crippen molar-refractivity contribution in [3.05, 3.63) is 70.9 Å². The van der Waals surface area contributed by atoms with E-state index in [0.717, 1.165) is 32.8 Å². The number of nitrogens with zero attached hydrogens (tertiary/aromatic N) is 2. The van der Waals surface area contributed by atoms with Crippen molar-refractivity contribution in [3.63, 3.8) is 0 Å². The molecule has 0 aliphatic heterocycles. The molecule has 0 spiro atoms. The minimum Gasteiger partial charge on any atom is -0.462 e. The Morgan fingerprint density at radius 3 is 2.59 bits per heavy atom. The summed E-state index contributed by atoms with van der Waals surface area (Å²) in [4.78, 5) is 21.7. The Bertz CT molecular complexity index is 1180. The van der Waals surface area contributed by atoms with E-state index in [9.17, 15) is 4.79 Å². The molecule has 0 bridgehead atoms. The topological polar surface area (TPSA) is 64.1 Å². The number of aryl methyl sites for hydroxylation is 2. The molecule has 0 saturated heterocycles. The summed E-state index contributed by atoms with van der Waals surface area (Å²) in [7, 11) is 0. The number of ether oxygens (including phenoxy) is 1. The molecule has 0 amide bonds. The van der Waals surface area contributed by atoms with E-state index in [1.165, 1.54) is 11.1 Å². The lowest BCUT2D eigenvalue weighted by Crippen LogP contribution is -2.04.